The first-order valence-electron chi connectivity index (χ1n) is 10.2. The van der Waals surface area contributed by atoms with E-state index >= 15 is 0 Å². The van der Waals surface area contributed by atoms with Crippen LogP contribution in [0.2, 0.25) is 0 Å². The zero-order valence-corrected chi connectivity index (χ0v) is 16.9. The SMILES string of the molecule is COc1ccc(-c2cn(C[C@H]3C[C@H]4CC[NH+]3C[C@@H]4C(=O)NC(C)C)nn2)cc1. The molecule has 0 saturated carbocycles. The molecular formula is C21H30N5O2+. The van der Waals surface area contributed by atoms with E-state index in [9.17, 15) is 4.79 Å². The van der Waals surface area contributed by atoms with Crippen LogP contribution in [-0.2, 0) is 11.3 Å². The lowest BCUT2D eigenvalue weighted by atomic mass is 9.75. The first-order chi connectivity index (χ1) is 13.5. The summed E-state index contributed by atoms with van der Waals surface area (Å²) in [7, 11) is 1.66. The summed E-state index contributed by atoms with van der Waals surface area (Å²) in [4.78, 5) is 14.0. The van der Waals surface area contributed by atoms with Gasteiger partial charge in [0.15, 0.2) is 0 Å². The number of carbonyl (C=O) groups is 1. The van der Waals surface area contributed by atoms with E-state index in [4.69, 9.17) is 4.74 Å². The van der Waals surface area contributed by atoms with Crippen LogP contribution >= 0.6 is 0 Å². The van der Waals surface area contributed by atoms with Crippen LogP contribution in [-0.4, -0.2) is 53.2 Å². The van der Waals surface area contributed by atoms with Crippen molar-refractivity contribution in [1.29, 1.82) is 0 Å². The van der Waals surface area contributed by atoms with Gasteiger partial charge >= 0.3 is 0 Å². The molecule has 7 heteroatoms. The van der Waals surface area contributed by atoms with Crippen LogP contribution < -0.4 is 15.0 Å². The van der Waals surface area contributed by atoms with Gasteiger partial charge in [-0.05, 0) is 44.0 Å². The minimum atomic E-state index is 0.160. The molecule has 0 aliphatic carbocycles. The number of fused-ring (bicyclic) bond motifs is 3. The second-order valence-corrected chi connectivity index (χ2v) is 8.42. The van der Waals surface area contributed by atoms with Crippen molar-refractivity contribution in [3.63, 3.8) is 0 Å². The Morgan fingerprint density at radius 1 is 1.36 bits per heavy atom. The van der Waals surface area contributed by atoms with Crippen molar-refractivity contribution in [3.05, 3.63) is 30.5 Å². The Kier molecular flexibility index (Phi) is 5.35. The molecule has 2 bridgehead atoms. The molecule has 2 aromatic rings. The maximum absolute atomic E-state index is 12.5. The highest BCUT2D eigenvalue weighted by Crippen LogP contribution is 2.28. The van der Waals surface area contributed by atoms with E-state index in [0.29, 0.717) is 12.0 Å². The Bertz CT molecular complexity index is 816. The molecule has 4 heterocycles. The average molecular weight is 385 g/mol. The first kappa shape index (κ1) is 18.9. The highest BCUT2D eigenvalue weighted by Gasteiger charge is 2.46. The van der Waals surface area contributed by atoms with E-state index < -0.39 is 0 Å². The summed E-state index contributed by atoms with van der Waals surface area (Å²) < 4.78 is 7.17. The zero-order chi connectivity index (χ0) is 19.7. The first-order valence-corrected chi connectivity index (χ1v) is 10.2. The number of ether oxygens (including phenoxy) is 1. The minimum absolute atomic E-state index is 0.160. The molecule has 1 unspecified atom stereocenters. The highest BCUT2D eigenvalue weighted by atomic mass is 16.5. The molecule has 28 heavy (non-hydrogen) atoms. The van der Waals surface area contributed by atoms with Gasteiger partial charge < -0.3 is 15.0 Å². The zero-order valence-electron chi connectivity index (χ0n) is 16.9. The van der Waals surface area contributed by atoms with Gasteiger partial charge in [-0.1, -0.05) is 5.21 Å². The molecule has 1 aromatic heterocycles. The van der Waals surface area contributed by atoms with Gasteiger partial charge in [0.2, 0.25) is 5.91 Å². The van der Waals surface area contributed by atoms with E-state index in [1.54, 1.807) is 7.11 Å². The van der Waals surface area contributed by atoms with Crippen LogP contribution in [0, 0.1) is 11.8 Å². The van der Waals surface area contributed by atoms with Crippen molar-refractivity contribution in [2.24, 2.45) is 11.8 Å². The van der Waals surface area contributed by atoms with E-state index in [0.717, 1.165) is 49.5 Å². The van der Waals surface area contributed by atoms with Crippen molar-refractivity contribution in [1.82, 2.24) is 20.3 Å². The fourth-order valence-electron chi connectivity index (χ4n) is 4.72. The summed E-state index contributed by atoms with van der Waals surface area (Å²) in [6, 6.07) is 8.59. The fourth-order valence-corrected chi connectivity index (χ4v) is 4.72. The van der Waals surface area contributed by atoms with Gasteiger partial charge in [-0.25, -0.2) is 4.68 Å². The third-order valence-corrected chi connectivity index (χ3v) is 6.15. The molecule has 5 rings (SSSR count). The maximum Gasteiger partial charge on any atom is 0.229 e. The molecular weight excluding hydrogens is 354 g/mol. The number of nitrogens with zero attached hydrogens (tertiary/aromatic N) is 3. The summed E-state index contributed by atoms with van der Waals surface area (Å²) in [5.74, 6) is 1.72. The third-order valence-electron chi connectivity index (χ3n) is 6.15. The highest BCUT2D eigenvalue weighted by molar-refractivity contribution is 5.79. The number of nitrogens with one attached hydrogen (secondary N) is 2. The van der Waals surface area contributed by atoms with Crippen LogP contribution in [0.3, 0.4) is 0 Å². The molecule has 7 nitrogen and oxygen atoms in total. The number of hydrogen-bond donors (Lipinski definition) is 2. The molecule has 150 valence electrons. The number of quaternary nitrogens is 1. The van der Waals surface area contributed by atoms with E-state index in [1.807, 2.05) is 49.0 Å². The molecule has 1 aromatic carbocycles. The van der Waals surface area contributed by atoms with Crippen LogP contribution in [0.5, 0.6) is 5.75 Å². The summed E-state index contributed by atoms with van der Waals surface area (Å²) in [6.07, 6.45) is 4.26. The summed E-state index contributed by atoms with van der Waals surface area (Å²) in [6.45, 7) is 7.00. The quantitative estimate of drug-likeness (QED) is 0.772. The minimum Gasteiger partial charge on any atom is -0.497 e. The van der Waals surface area contributed by atoms with Crippen LogP contribution in [0.1, 0.15) is 26.7 Å². The number of methoxy groups -OCH3 is 1. The van der Waals surface area contributed by atoms with Gasteiger partial charge in [0.05, 0.1) is 38.9 Å². The Balaban J connectivity index is 1.39. The Morgan fingerprint density at radius 2 is 2.14 bits per heavy atom. The summed E-state index contributed by atoms with van der Waals surface area (Å²) >= 11 is 0. The normalized spacial score (nSPS) is 26.4. The van der Waals surface area contributed by atoms with Crippen molar-refractivity contribution < 1.29 is 14.4 Å². The lowest BCUT2D eigenvalue weighted by molar-refractivity contribution is -0.945. The smallest absolute Gasteiger partial charge is 0.229 e. The lowest BCUT2D eigenvalue weighted by Crippen LogP contribution is -3.20. The topological polar surface area (TPSA) is 73.5 Å². The van der Waals surface area contributed by atoms with Gasteiger partial charge in [0.1, 0.15) is 17.5 Å². The maximum atomic E-state index is 12.5. The van der Waals surface area contributed by atoms with Gasteiger partial charge in [-0.3, -0.25) is 4.79 Å². The monoisotopic (exact) mass is 384 g/mol. The molecule has 1 amide bonds. The van der Waals surface area contributed by atoms with Crippen LogP contribution in [0.25, 0.3) is 11.3 Å². The van der Waals surface area contributed by atoms with Crippen LogP contribution in [0.15, 0.2) is 30.5 Å². The predicted octanol–water partition coefficient (Wildman–Crippen LogP) is 0.772. The average Bonchev–Trinajstić information content (AvgIpc) is 3.16. The molecule has 3 fully saturated rings. The van der Waals surface area contributed by atoms with Crippen molar-refractivity contribution in [2.45, 2.75) is 45.3 Å². The number of hydrogen-bond acceptors (Lipinski definition) is 4. The second-order valence-electron chi connectivity index (χ2n) is 8.42. The van der Waals surface area contributed by atoms with Gasteiger partial charge in [0, 0.05) is 24.4 Å². The van der Waals surface area contributed by atoms with Gasteiger partial charge in [-0.2, -0.15) is 0 Å². The number of aromatic nitrogens is 3. The molecule has 3 saturated heterocycles. The summed E-state index contributed by atoms with van der Waals surface area (Å²) in [5, 5.41) is 11.8. The number of benzene rings is 1. The largest absolute Gasteiger partial charge is 0.497 e. The molecule has 4 atom stereocenters. The Labute approximate surface area is 166 Å². The Hall–Kier alpha value is -2.41. The number of rotatable bonds is 6. The fraction of sp³-hybridized carbons (Fsp3) is 0.571. The molecule has 3 aliphatic heterocycles. The van der Waals surface area contributed by atoms with Crippen molar-refractivity contribution in [3.8, 4) is 17.0 Å². The molecule has 0 spiro atoms. The van der Waals surface area contributed by atoms with E-state index in [1.165, 1.54) is 4.90 Å². The van der Waals surface area contributed by atoms with Crippen molar-refractivity contribution >= 4 is 5.91 Å². The Morgan fingerprint density at radius 3 is 2.79 bits per heavy atom. The van der Waals surface area contributed by atoms with E-state index in [2.05, 4.69) is 15.6 Å². The standard InChI is InChI=1S/C21H29N5O2/c1-14(2)22-21(27)19-12-25-9-8-16(19)10-17(25)11-26-13-20(23-24-26)15-4-6-18(28-3)7-5-15/h4-7,13-14,16-17,19H,8-12H2,1-3H3,(H,22,27)/p+1/t16-,17-,19+/m1/s1. The predicted molar refractivity (Wildman–Crippen MR) is 106 cm³/mol. The van der Waals surface area contributed by atoms with Crippen molar-refractivity contribution in [2.75, 3.05) is 20.2 Å². The lowest BCUT2D eigenvalue weighted by Gasteiger charge is -2.46. The number of piperidine rings is 3. The van der Waals surface area contributed by atoms with Crippen LogP contribution in [0.4, 0.5) is 0 Å². The second kappa shape index (κ2) is 7.91. The van der Waals surface area contributed by atoms with Gasteiger partial charge in [0.25, 0.3) is 0 Å². The molecule has 0 radical (unpaired) electrons. The molecule has 3 aliphatic rings. The molecule has 2 N–H and O–H groups in total. The van der Waals surface area contributed by atoms with E-state index in [-0.39, 0.29) is 17.9 Å². The number of carbonyl (C=O) groups excluding carboxylic acids is 1. The van der Waals surface area contributed by atoms with Gasteiger partial charge in [-0.15, -0.1) is 5.10 Å². The third kappa shape index (κ3) is 3.90. The summed E-state index contributed by atoms with van der Waals surface area (Å²) in [5.41, 5.74) is 1.91. The number of amides is 1.